The Kier molecular flexibility index (Phi) is 3.22. The Balaban J connectivity index is 2.28. The minimum atomic E-state index is -0.471. The van der Waals surface area contributed by atoms with Crippen molar-refractivity contribution in [2.24, 2.45) is 0 Å². The zero-order valence-corrected chi connectivity index (χ0v) is 9.37. The van der Waals surface area contributed by atoms with E-state index in [1.165, 1.54) is 24.4 Å². The molecule has 0 saturated heterocycles. The van der Waals surface area contributed by atoms with Gasteiger partial charge in [-0.1, -0.05) is 11.6 Å². The number of aromatic nitrogens is 1. The van der Waals surface area contributed by atoms with Gasteiger partial charge >= 0.3 is 0 Å². The van der Waals surface area contributed by atoms with E-state index in [4.69, 9.17) is 16.9 Å². The molecule has 0 fully saturated rings. The summed E-state index contributed by atoms with van der Waals surface area (Å²) in [6.07, 6.45) is 1.48. The topological polar surface area (TPSA) is 48.7 Å². The van der Waals surface area contributed by atoms with Crippen LogP contribution < -0.4 is 5.32 Å². The van der Waals surface area contributed by atoms with Gasteiger partial charge in [0.25, 0.3) is 0 Å². The molecule has 0 radical (unpaired) electrons. The molecule has 0 aliphatic rings. The Bertz CT molecular complexity index is 593. The predicted molar refractivity (Wildman–Crippen MR) is 63.6 cm³/mol. The maximum atomic E-state index is 13.5. The minimum absolute atomic E-state index is 0.261. The molecule has 0 spiro atoms. The number of nitriles is 1. The molecule has 1 N–H and O–H groups in total. The van der Waals surface area contributed by atoms with Crippen molar-refractivity contribution in [3.8, 4) is 6.07 Å². The van der Waals surface area contributed by atoms with Gasteiger partial charge in [-0.15, -0.1) is 0 Å². The van der Waals surface area contributed by atoms with Crippen molar-refractivity contribution >= 4 is 23.1 Å². The normalized spacial score (nSPS) is 9.71. The monoisotopic (exact) mass is 247 g/mol. The van der Waals surface area contributed by atoms with Crippen molar-refractivity contribution in [3.05, 3.63) is 52.9 Å². The van der Waals surface area contributed by atoms with Gasteiger partial charge in [0.1, 0.15) is 11.6 Å². The number of halogens is 2. The maximum Gasteiger partial charge on any atom is 0.148 e. The summed E-state index contributed by atoms with van der Waals surface area (Å²) in [5, 5.41) is 11.8. The molecule has 0 amide bonds. The quantitative estimate of drug-likeness (QED) is 0.884. The van der Waals surface area contributed by atoms with Crippen LogP contribution in [0.4, 0.5) is 15.9 Å². The van der Waals surface area contributed by atoms with E-state index in [9.17, 15) is 4.39 Å². The van der Waals surface area contributed by atoms with Gasteiger partial charge in [-0.3, -0.25) is 0 Å². The van der Waals surface area contributed by atoms with Crippen LogP contribution >= 0.6 is 11.6 Å². The summed E-state index contributed by atoms with van der Waals surface area (Å²) < 4.78 is 13.5. The first-order valence-electron chi connectivity index (χ1n) is 4.77. The first-order chi connectivity index (χ1) is 8.19. The van der Waals surface area contributed by atoms with Crippen LogP contribution in [0, 0.1) is 17.1 Å². The summed E-state index contributed by atoms with van der Waals surface area (Å²) in [7, 11) is 0. The molecule has 2 rings (SSSR count). The molecule has 1 heterocycles. The van der Waals surface area contributed by atoms with Crippen molar-refractivity contribution < 1.29 is 4.39 Å². The molecule has 1 aromatic carbocycles. The van der Waals surface area contributed by atoms with Gasteiger partial charge in [0, 0.05) is 11.2 Å². The van der Waals surface area contributed by atoms with Crippen molar-refractivity contribution in [1.29, 1.82) is 5.26 Å². The van der Waals surface area contributed by atoms with Gasteiger partial charge in [-0.05, 0) is 30.3 Å². The molecule has 0 atom stereocenters. The second-order valence-corrected chi connectivity index (χ2v) is 3.73. The Labute approximate surface area is 102 Å². The van der Waals surface area contributed by atoms with Crippen LogP contribution in [0.25, 0.3) is 0 Å². The number of pyridine rings is 1. The van der Waals surface area contributed by atoms with Crippen molar-refractivity contribution in [2.75, 3.05) is 5.32 Å². The molecule has 2 aromatic rings. The number of rotatable bonds is 2. The molecule has 17 heavy (non-hydrogen) atoms. The zero-order valence-electron chi connectivity index (χ0n) is 8.61. The third-order valence-corrected chi connectivity index (χ3v) is 2.32. The fourth-order valence-electron chi connectivity index (χ4n) is 1.30. The van der Waals surface area contributed by atoms with Crippen LogP contribution in [-0.4, -0.2) is 4.98 Å². The lowest BCUT2D eigenvalue weighted by molar-refractivity contribution is 0.632. The molecule has 0 saturated carbocycles. The van der Waals surface area contributed by atoms with Crippen LogP contribution in [0.2, 0.25) is 5.02 Å². The molecule has 0 aliphatic heterocycles. The summed E-state index contributed by atoms with van der Waals surface area (Å²) in [6, 6.07) is 9.38. The lowest BCUT2D eigenvalue weighted by Crippen LogP contribution is -1.96. The number of hydrogen-bond donors (Lipinski definition) is 1. The summed E-state index contributed by atoms with van der Waals surface area (Å²) in [5.41, 5.74) is 0.717. The van der Waals surface area contributed by atoms with E-state index in [1.807, 2.05) is 6.07 Å². The Morgan fingerprint density at radius 3 is 2.82 bits per heavy atom. The Morgan fingerprint density at radius 2 is 2.12 bits per heavy atom. The molecule has 1 aromatic heterocycles. The average molecular weight is 248 g/mol. The number of benzene rings is 1. The number of anilines is 2. The van der Waals surface area contributed by atoms with Gasteiger partial charge in [-0.2, -0.15) is 5.26 Å². The standard InChI is InChI=1S/C12H7ClFN3/c13-9-1-2-11(10(14)6-9)17-12-5-8(7-15)3-4-16-12/h1-6H,(H,16,17). The Morgan fingerprint density at radius 1 is 1.29 bits per heavy atom. The van der Waals surface area contributed by atoms with Crippen molar-refractivity contribution in [3.63, 3.8) is 0 Å². The highest BCUT2D eigenvalue weighted by Crippen LogP contribution is 2.22. The maximum absolute atomic E-state index is 13.5. The van der Waals surface area contributed by atoms with E-state index >= 15 is 0 Å². The van der Waals surface area contributed by atoms with E-state index in [2.05, 4.69) is 10.3 Å². The molecule has 5 heteroatoms. The minimum Gasteiger partial charge on any atom is -0.338 e. The lowest BCUT2D eigenvalue weighted by Gasteiger charge is -2.06. The number of nitrogens with zero attached hydrogens (tertiary/aromatic N) is 2. The third-order valence-electron chi connectivity index (χ3n) is 2.08. The number of nitrogens with one attached hydrogen (secondary N) is 1. The van der Waals surface area contributed by atoms with E-state index in [-0.39, 0.29) is 5.69 Å². The van der Waals surface area contributed by atoms with Crippen molar-refractivity contribution in [1.82, 2.24) is 4.98 Å². The molecule has 0 unspecified atom stereocenters. The van der Waals surface area contributed by atoms with Crippen LogP contribution in [0.3, 0.4) is 0 Å². The zero-order chi connectivity index (χ0) is 12.3. The van der Waals surface area contributed by atoms with Gasteiger partial charge in [-0.25, -0.2) is 9.37 Å². The predicted octanol–water partition coefficient (Wildman–Crippen LogP) is 3.49. The lowest BCUT2D eigenvalue weighted by atomic mass is 10.2. The first kappa shape index (κ1) is 11.4. The fourth-order valence-corrected chi connectivity index (χ4v) is 1.46. The van der Waals surface area contributed by atoms with Gasteiger partial charge in [0.15, 0.2) is 0 Å². The summed E-state index contributed by atoms with van der Waals surface area (Å²) in [4.78, 5) is 3.98. The molecule has 84 valence electrons. The summed E-state index contributed by atoms with van der Waals surface area (Å²) in [6.45, 7) is 0. The Hall–Kier alpha value is -2.12. The molecule has 3 nitrogen and oxygen atoms in total. The highest BCUT2D eigenvalue weighted by molar-refractivity contribution is 6.30. The highest BCUT2D eigenvalue weighted by Gasteiger charge is 2.04. The smallest absolute Gasteiger partial charge is 0.148 e. The number of hydrogen-bond acceptors (Lipinski definition) is 3. The average Bonchev–Trinajstić information content (AvgIpc) is 2.33. The molecular formula is C12H7ClFN3. The fraction of sp³-hybridized carbons (Fsp3) is 0. The van der Waals surface area contributed by atoms with Crippen molar-refractivity contribution in [2.45, 2.75) is 0 Å². The molecule has 0 aliphatic carbocycles. The second-order valence-electron chi connectivity index (χ2n) is 3.29. The van der Waals surface area contributed by atoms with E-state index in [0.717, 1.165) is 0 Å². The van der Waals surface area contributed by atoms with E-state index in [0.29, 0.717) is 16.4 Å². The van der Waals surface area contributed by atoms with Crippen LogP contribution in [0.5, 0.6) is 0 Å². The SMILES string of the molecule is N#Cc1ccnc(Nc2ccc(Cl)cc2F)c1. The van der Waals surface area contributed by atoms with Gasteiger partial charge in [0.05, 0.1) is 17.3 Å². The van der Waals surface area contributed by atoms with Crippen LogP contribution in [-0.2, 0) is 0 Å². The van der Waals surface area contributed by atoms with E-state index in [1.54, 1.807) is 12.1 Å². The van der Waals surface area contributed by atoms with E-state index < -0.39 is 5.82 Å². The molecule has 0 bridgehead atoms. The summed E-state index contributed by atoms with van der Waals surface area (Å²) in [5.74, 6) is -0.0630. The first-order valence-corrected chi connectivity index (χ1v) is 5.15. The largest absolute Gasteiger partial charge is 0.338 e. The summed E-state index contributed by atoms with van der Waals surface area (Å²) >= 11 is 5.64. The molecular weight excluding hydrogens is 241 g/mol. The van der Waals surface area contributed by atoms with Gasteiger partial charge < -0.3 is 5.32 Å². The van der Waals surface area contributed by atoms with Crippen LogP contribution in [0.15, 0.2) is 36.5 Å². The highest BCUT2D eigenvalue weighted by atomic mass is 35.5. The third kappa shape index (κ3) is 2.71. The van der Waals surface area contributed by atoms with Crippen LogP contribution in [0.1, 0.15) is 5.56 Å². The second kappa shape index (κ2) is 4.81. The van der Waals surface area contributed by atoms with Gasteiger partial charge in [0.2, 0.25) is 0 Å².